The van der Waals surface area contributed by atoms with Gasteiger partial charge >= 0.3 is 0 Å². The SMILES string of the molecule is COC1=CC(=C=O)CC=C1C(=O)Cl. The number of carbonyl (C=O) groups is 1. The van der Waals surface area contributed by atoms with Gasteiger partial charge in [0.2, 0.25) is 0 Å². The zero-order valence-electron chi connectivity index (χ0n) is 6.96. The maximum atomic E-state index is 10.8. The van der Waals surface area contributed by atoms with Crippen molar-refractivity contribution < 1.29 is 14.3 Å². The number of carbonyl (C=O) groups excluding carboxylic acids is 2. The van der Waals surface area contributed by atoms with E-state index in [9.17, 15) is 9.59 Å². The fourth-order valence-electron chi connectivity index (χ4n) is 1.02. The highest BCUT2D eigenvalue weighted by molar-refractivity contribution is 6.68. The monoisotopic (exact) mass is 198 g/mol. The molecule has 68 valence electrons. The van der Waals surface area contributed by atoms with E-state index in [0.29, 0.717) is 23.3 Å². The van der Waals surface area contributed by atoms with Gasteiger partial charge in [-0.2, -0.15) is 0 Å². The van der Waals surface area contributed by atoms with Crippen LogP contribution in [0.25, 0.3) is 0 Å². The van der Waals surface area contributed by atoms with Gasteiger partial charge in [0, 0.05) is 12.0 Å². The quantitative estimate of drug-likeness (QED) is 0.497. The largest absolute Gasteiger partial charge is 0.496 e. The molecular formula is C9H7ClO3. The molecule has 0 N–H and O–H groups in total. The first-order chi connectivity index (χ1) is 6.19. The van der Waals surface area contributed by atoms with E-state index in [-0.39, 0.29) is 0 Å². The van der Waals surface area contributed by atoms with Crippen LogP contribution in [0.15, 0.2) is 29.1 Å². The molecule has 1 rings (SSSR count). The Kier molecular flexibility index (Phi) is 3.07. The third-order valence-electron chi connectivity index (χ3n) is 1.66. The second kappa shape index (κ2) is 4.08. The third kappa shape index (κ3) is 2.08. The molecule has 3 nitrogen and oxygen atoms in total. The lowest BCUT2D eigenvalue weighted by Gasteiger charge is -2.11. The van der Waals surface area contributed by atoms with Crippen molar-refractivity contribution in [1.82, 2.24) is 0 Å². The minimum absolute atomic E-state index is 0.295. The minimum atomic E-state index is -0.585. The summed E-state index contributed by atoms with van der Waals surface area (Å²) in [5, 5.41) is -0.585. The highest BCUT2D eigenvalue weighted by atomic mass is 35.5. The Morgan fingerprint density at radius 2 is 2.38 bits per heavy atom. The van der Waals surface area contributed by atoms with Gasteiger partial charge in [-0.15, -0.1) is 0 Å². The third-order valence-corrected chi connectivity index (χ3v) is 1.86. The van der Waals surface area contributed by atoms with Crippen molar-refractivity contribution in [2.75, 3.05) is 7.11 Å². The zero-order chi connectivity index (χ0) is 9.84. The number of rotatable bonds is 2. The summed E-state index contributed by atoms with van der Waals surface area (Å²) in [6.45, 7) is 0. The molecule has 0 amide bonds. The molecular weight excluding hydrogens is 192 g/mol. The van der Waals surface area contributed by atoms with E-state index in [2.05, 4.69) is 0 Å². The van der Waals surface area contributed by atoms with E-state index < -0.39 is 5.24 Å². The molecule has 0 fully saturated rings. The standard InChI is InChI=1S/C9H7ClO3/c1-13-8-4-6(5-11)2-3-7(8)9(10)12/h3-4H,2H2,1H3. The maximum absolute atomic E-state index is 10.8. The Balaban J connectivity index is 3.05. The topological polar surface area (TPSA) is 43.4 Å². The first-order valence-corrected chi connectivity index (χ1v) is 3.97. The first-order valence-electron chi connectivity index (χ1n) is 3.59. The molecule has 0 atom stereocenters. The Labute approximate surface area is 80.3 Å². The second-order valence-corrected chi connectivity index (χ2v) is 2.78. The van der Waals surface area contributed by atoms with Gasteiger partial charge in [-0.25, -0.2) is 4.79 Å². The van der Waals surface area contributed by atoms with E-state index in [1.165, 1.54) is 13.2 Å². The smallest absolute Gasteiger partial charge is 0.255 e. The second-order valence-electron chi connectivity index (χ2n) is 2.44. The van der Waals surface area contributed by atoms with Crippen LogP contribution in [0.5, 0.6) is 0 Å². The summed E-state index contributed by atoms with van der Waals surface area (Å²) in [5.41, 5.74) is 0.738. The number of halogens is 1. The molecule has 0 radical (unpaired) electrons. The van der Waals surface area contributed by atoms with Crippen LogP contribution in [-0.4, -0.2) is 18.3 Å². The van der Waals surface area contributed by atoms with Crippen molar-refractivity contribution >= 4 is 22.8 Å². The van der Waals surface area contributed by atoms with Gasteiger partial charge in [-0.1, -0.05) is 6.08 Å². The zero-order valence-corrected chi connectivity index (χ0v) is 7.72. The van der Waals surface area contributed by atoms with E-state index in [1.54, 1.807) is 12.0 Å². The van der Waals surface area contributed by atoms with Crippen LogP contribution in [0.3, 0.4) is 0 Å². The molecule has 4 heteroatoms. The summed E-state index contributed by atoms with van der Waals surface area (Å²) >= 11 is 5.29. The molecule has 0 spiro atoms. The van der Waals surface area contributed by atoms with Gasteiger partial charge in [0.05, 0.1) is 12.7 Å². The van der Waals surface area contributed by atoms with Crippen LogP contribution < -0.4 is 0 Å². The predicted molar refractivity (Wildman–Crippen MR) is 47.9 cm³/mol. The molecule has 0 heterocycles. The minimum Gasteiger partial charge on any atom is -0.496 e. The first kappa shape index (κ1) is 9.78. The van der Waals surface area contributed by atoms with E-state index in [0.717, 1.165) is 0 Å². The fraction of sp³-hybridized carbons (Fsp3) is 0.222. The lowest BCUT2D eigenvalue weighted by molar-refractivity contribution is -0.108. The van der Waals surface area contributed by atoms with Crippen molar-refractivity contribution in [1.29, 1.82) is 0 Å². The lowest BCUT2D eigenvalue weighted by Crippen LogP contribution is -2.04. The van der Waals surface area contributed by atoms with Gasteiger partial charge < -0.3 is 4.74 Å². The van der Waals surface area contributed by atoms with Crippen molar-refractivity contribution in [3.05, 3.63) is 29.1 Å². The fourth-order valence-corrected chi connectivity index (χ4v) is 1.19. The summed E-state index contributed by atoms with van der Waals surface area (Å²) < 4.78 is 4.88. The molecule has 0 aromatic heterocycles. The van der Waals surface area contributed by atoms with Crippen LogP contribution in [0.2, 0.25) is 0 Å². The summed E-state index contributed by atoms with van der Waals surface area (Å²) in [6, 6.07) is 0. The van der Waals surface area contributed by atoms with Crippen molar-refractivity contribution in [2.45, 2.75) is 6.42 Å². The van der Waals surface area contributed by atoms with Gasteiger partial charge in [-0.05, 0) is 17.7 Å². The Hall–Kier alpha value is -1.31. The van der Waals surface area contributed by atoms with Gasteiger partial charge in [0.15, 0.2) is 0 Å². The summed E-state index contributed by atoms with van der Waals surface area (Å²) in [7, 11) is 1.41. The van der Waals surface area contributed by atoms with Crippen LogP contribution in [0.1, 0.15) is 6.42 Å². The van der Waals surface area contributed by atoms with Crippen molar-refractivity contribution in [3.63, 3.8) is 0 Å². The number of ether oxygens (including phenoxy) is 1. The highest BCUT2D eigenvalue weighted by Gasteiger charge is 2.17. The number of hydrogen-bond donors (Lipinski definition) is 0. The molecule has 1 aliphatic carbocycles. The van der Waals surface area contributed by atoms with Crippen LogP contribution in [0, 0.1) is 0 Å². The molecule has 0 saturated carbocycles. The van der Waals surface area contributed by atoms with Crippen LogP contribution >= 0.6 is 11.6 Å². The predicted octanol–water partition coefficient (Wildman–Crippen LogP) is 1.37. The van der Waals surface area contributed by atoms with Gasteiger partial charge in [-0.3, -0.25) is 4.79 Å². The molecule has 0 aliphatic heterocycles. The van der Waals surface area contributed by atoms with Gasteiger partial charge in [0.1, 0.15) is 11.7 Å². The maximum Gasteiger partial charge on any atom is 0.255 e. The van der Waals surface area contributed by atoms with Crippen molar-refractivity contribution in [3.8, 4) is 0 Å². The molecule has 0 unspecified atom stereocenters. The molecule has 0 aromatic rings. The summed E-state index contributed by atoms with van der Waals surface area (Å²) in [6.07, 6.45) is 3.38. The number of hydrogen-bond acceptors (Lipinski definition) is 3. The molecule has 13 heavy (non-hydrogen) atoms. The molecule has 0 bridgehead atoms. The molecule has 0 saturated heterocycles. The molecule has 1 aliphatic rings. The average Bonchev–Trinajstić information content (AvgIpc) is 2.16. The summed E-state index contributed by atoms with van der Waals surface area (Å²) in [5.74, 6) is 2.05. The Morgan fingerprint density at radius 1 is 1.69 bits per heavy atom. The van der Waals surface area contributed by atoms with E-state index in [1.807, 2.05) is 0 Å². The summed E-state index contributed by atoms with van der Waals surface area (Å²) in [4.78, 5) is 21.1. The van der Waals surface area contributed by atoms with Gasteiger partial charge in [0.25, 0.3) is 5.24 Å². The highest BCUT2D eigenvalue weighted by Crippen LogP contribution is 2.23. The Bertz CT molecular complexity index is 346. The number of allylic oxidation sites excluding steroid dienone is 4. The van der Waals surface area contributed by atoms with Crippen molar-refractivity contribution in [2.24, 2.45) is 0 Å². The average molecular weight is 199 g/mol. The van der Waals surface area contributed by atoms with Crippen LogP contribution in [0.4, 0.5) is 0 Å². The number of methoxy groups -OCH3 is 1. The normalized spacial score (nSPS) is 15.7. The van der Waals surface area contributed by atoms with E-state index in [4.69, 9.17) is 16.3 Å². The lowest BCUT2D eigenvalue weighted by atomic mass is 10.0. The Morgan fingerprint density at radius 3 is 2.85 bits per heavy atom. The van der Waals surface area contributed by atoms with E-state index >= 15 is 0 Å². The molecule has 0 aromatic carbocycles. The van der Waals surface area contributed by atoms with Crippen LogP contribution in [-0.2, 0) is 14.3 Å².